The number of carbonyl (C=O) groups is 1. The maximum absolute atomic E-state index is 11.4. The van der Waals surface area contributed by atoms with Gasteiger partial charge in [-0.15, -0.1) is 0 Å². The summed E-state index contributed by atoms with van der Waals surface area (Å²) in [6.45, 7) is 0.607. The average molecular weight is 204 g/mol. The van der Waals surface area contributed by atoms with Crippen molar-refractivity contribution in [2.45, 2.75) is 18.4 Å². The third-order valence-electron chi connectivity index (χ3n) is 3.08. The number of likely N-dealkylation sites (tertiary alicyclic amines) is 1. The van der Waals surface area contributed by atoms with Crippen molar-refractivity contribution in [3.05, 3.63) is 35.9 Å². The summed E-state index contributed by atoms with van der Waals surface area (Å²) in [5, 5.41) is 0. The summed E-state index contributed by atoms with van der Waals surface area (Å²) in [6, 6.07) is 10.0. The molecule has 1 fully saturated rings. The average Bonchev–Trinajstić information content (AvgIpc) is 2.26. The minimum absolute atomic E-state index is 0.187. The Morgan fingerprint density at radius 1 is 1.33 bits per heavy atom. The topological polar surface area (TPSA) is 46.3 Å². The summed E-state index contributed by atoms with van der Waals surface area (Å²) in [4.78, 5) is 13.1. The van der Waals surface area contributed by atoms with Crippen molar-refractivity contribution >= 4 is 5.91 Å². The van der Waals surface area contributed by atoms with Crippen molar-refractivity contribution < 1.29 is 4.79 Å². The molecule has 3 nitrogen and oxygen atoms in total. The summed E-state index contributed by atoms with van der Waals surface area (Å²) < 4.78 is 0. The molecule has 15 heavy (non-hydrogen) atoms. The number of benzene rings is 1. The molecule has 1 amide bonds. The fraction of sp³-hybridized carbons (Fsp3) is 0.417. The van der Waals surface area contributed by atoms with Gasteiger partial charge in [0.15, 0.2) is 0 Å². The van der Waals surface area contributed by atoms with Gasteiger partial charge in [-0.2, -0.15) is 0 Å². The zero-order valence-corrected chi connectivity index (χ0v) is 8.94. The molecule has 1 aromatic carbocycles. The van der Waals surface area contributed by atoms with Gasteiger partial charge in [0.2, 0.25) is 5.91 Å². The number of rotatable bonds is 1. The normalized spacial score (nSPS) is 26.8. The van der Waals surface area contributed by atoms with E-state index in [1.165, 1.54) is 0 Å². The lowest BCUT2D eigenvalue weighted by atomic mass is 9.83. The van der Waals surface area contributed by atoms with Crippen molar-refractivity contribution in [2.75, 3.05) is 13.6 Å². The first-order chi connectivity index (χ1) is 7.12. The van der Waals surface area contributed by atoms with Gasteiger partial charge in [-0.05, 0) is 12.0 Å². The highest BCUT2D eigenvalue weighted by Crippen LogP contribution is 2.28. The van der Waals surface area contributed by atoms with E-state index in [0.29, 0.717) is 13.0 Å². The number of hydrogen-bond donors (Lipinski definition) is 1. The summed E-state index contributed by atoms with van der Waals surface area (Å²) >= 11 is 0. The first-order valence-corrected chi connectivity index (χ1v) is 5.20. The van der Waals surface area contributed by atoms with Crippen LogP contribution in [0.25, 0.3) is 0 Å². The van der Waals surface area contributed by atoms with Crippen molar-refractivity contribution in [1.29, 1.82) is 0 Å². The molecule has 1 aromatic rings. The van der Waals surface area contributed by atoms with Crippen LogP contribution in [0.4, 0.5) is 0 Å². The van der Waals surface area contributed by atoms with Crippen LogP contribution in [0.1, 0.15) is 18.4 Å². The van der Waals surface area contributed by atoms with E-state index in [4.69, 9.17) is 5.73 Å². The zero-order chi connectivity index (χ0) is 10.9. The zero-order valence-electron chi connectivity index (χ0n) is 8.94. The molecule has 1 aliphatic rings. The molecule has 0 bridgehead atoms. The summed E-state index contributed by atoms with van der Waals surface area (Å²) in [5.74, 6) is 0.187. The molecule has 1 atom stereocenters. The monoisotopic (exact) mass is 204 g/mol. The minimum Gasteiger partial charge on any atom is -0.344 e. The van der Waals surface area contributed by atoms with Crippen molar-refractivity contribution in [1.82, 2.24) is 4.90 Å². The van der Waals surface area contributed by atoms with Gasteiger partial charge in [0.25, 0.3) is 0 Å². The Morgan fingerprint density at radius 2 is 2.00 bits per heavy atom. The smallest absolute Gasteiger partial charge is 0.222 e. The van der Waals surface area contributed by atoms with Crippen LogP contribution in [0, 0.1) is 0 Å². The molecule has 3 heteroatoms. The van der Waals surface area contributed by atoms with Crippen LogP contribution in [0.2, 0.25) is 0 Å². The molecule has 1 unspecified atom stereocenters. The third-order valence-corrected chi connectivity index (χ3v) is 3.08. The molecule has 0 aliphatic carbocycles. The van der Waals surface area contributed by atoms with E-state index in [1.54, 1.807) is 4.90 Å². The van der Waals surface area contributed by atoms with Crippen LogP contribution in [-0.4, -0.2) is 24.4 Å². The predicted molar refractivity (Wildman–Crippen MR) is 59.2 cm³/mol. The highest BCUT2D eigenvalue weighted by molar-refractivity contribution is 5.77. The Balaban J connectivity index is 2.25. The van der Waals surface area contributed by atoms with Crippen LogP contribution in [-0.2, 0) is 10.3 Å². The van der Waals surface area contributed by atoms with E-state index in [0.717, 1.165) is 12.0 Å². The number of nitrogens with two attached hydrogens (primary N) is 1. The molecule has 0 saturated carbocycles. The second-order valence-electron chi connectivity index (χ2n) is 4.27. The van der Waals surface area contributed by atoms with E-state index in [-0.39, 0.29) is 11.4 Å². The molecule has 0 aromatic heterocycles. The Labute approximate surface area is 89.9 Å². The molecule has 2 N–H and O–H groups in total. The molecule has 0 spiro atoms. The van der Waals surface area contributed by atoms with Gasteiger partial charge in [0.05, 0.1) is 5.54 Å². The quantitative estimate of drug-likeness (QED) is 0.744. The standard InChI is InChI=1S/C12H16N2O/c1-14-9-12(13,8-7-11(14)15)10-5-3-2-4-6-10/h2-6H,7-9,13H2,1H3. The van der Waals surface area contributed by atoms with Crippen LogP contribution in [0.3, 0.4) is 0 Å². The number of hydrogen-bond acceptors (Lipinski definition) is 2. The Bertz CT molecular complexity index is 363. The Morgan fingerprint density at radius 3 is 2.60 bits per heavy atom. The van der Waals surface area contributed by atoms with Gasteiger partial charge in [-0.1, -0.05) is 30.3 Å². The lowest BCUT2D eigenvalue weighted by Crippen LogP contribution is -2.52. The second kappa shape index (κ2) is 3.66. The van der Waals surface area contributed by atoms with Gasteiger partial charge >= 0.3 is 0 Å². The van der Waals surface area contributed by atoms with Crippen LogP contribution in [0.5, 0.6) is 0 Å². The molecule has 1 aliphatic heterocycles. The number of carbonyl (C=O) groups excluding carboxylic acids is 1. The number of piperidine rings is 1. The highest BCUT2D eigenvalue weighted by atomic mass is 16.2. The number of likely N-dealkylation sites (N-methyl/N-ethyl adjacent to an activating group) is 1. The highest BCUT2D eigenvalue weighted by Gasteiger charge is 2.34. The number of nitrogens with zero attached hydrogens (tertiary/aromatic N) is 1. The summed E-state index contributed by atoms with van der Waals surface area (Å²) in [7, 11) is 1.81. The first-order valence-electron chi connectivity index (χ1n) is 5.20. The molecule has 2 rings (SSSR count). The molecule has 0 radical (unpaired) electrons. The Kier molecular flexibility index (Phi) is 2.49. The number of amides is 1. The maximum atomic E-state index is 11.4. The van der Waals surface area contributed by atoms with E-state index >= 15 is 0 Å². The van der Waals surface area contributed by atoms with Gasteiger partial charge < -0.3 is 10.6 Å². The maximum Gasteiger partial charge on any atom is 0.222 e. The van der Waals surface area contributed by atoms with Gasteiger partial charge in [-0.3, -0.25) is 4.79 Å². The minimum atomic E-state index is -0.371. The van der Waals surface area contributed by atoms with E-state index in [2.05, 4.69) is 0 Å². The molecular formula is C12H16N2O. The third kappa shape index (κ3) is 1.88. The first kappa shape index (κ1) is 10.2. The molecular weight excluding hydrogens is 188 g/mol. The summed E-state index contributed by atoms with van der Waals surface area (Å²) in [5.41, 5.74) is 7.08. The van der Waals surface area contributed by atoms with Crippen LogP contribution < -0.4 is 5.73 Å². The van der Waals surface area contributed by atoms with E-state index in [1.807, 2.05) is 37.4 Å². The SMILES string of the molecule is CN1CC(N)(c2ccccc2)CCC1=O. The van der Waals surface area contributed by atoms with Crippen LogP contribution >= 0.6 is 0 Å². The largest absolute Gasteiger partial charge is 0.344 e. The van der Waals surface area contributed by atoms with Gasteiger partial charge in [-0.25, -0.2) is 0 Å². The van der Waals surface area contributed by atoms with Crippen molar-refractivity contribution in [3.8, 4) is 0 Å². The lowest BCUT2D eigenvalue weighted by molar-refractivity contribution is -0.133. The molecule has 80 valence electrons. The van der Waals surface area contributed by atoms with Gasteiger partial charge in [0, 0.05) is 20.0 Å². The molecule has 1 heterocycles. The van der Waals surface area contributed by atoms with Crippen molar-refractivity contribution in [2.24, 2.45) is 5.73 Å². The fourth-order valence-corrected chi connectivity index (χ4v) is 2.12. The Hall–Kier alpha value is -1.35. The van der Waals surface area contributed by atoms with E-state index in [9.17, 15) is 4.79 Å². The van der Waals surface area contributed by atoms with Crippen molar-refractivity contribution in [3.63, 3.8) is 0 Å². The molecule has 1 saturated heterocycles. The lowest BCUT2D eigenvalue weighted by Gasteiger charge is -2.38. The van der Waals surface area contributed by atoms with Crippen LogP contribution in [0.15, 0.2) is 30.3 Å². The fourth-order valence-electron chi connectivity index (χ4n) is 2.12. The van der Waals surface area contributed by atoms with E-state index < -0.39 is 0 Å². The second-order valence-corrected chi connectivity index (χ2v) is 4.27. The van der Waals surface area contributed by atoms with Gasteiger partial charge in [0.1, 0.15) is 0 Å². The summed E-state index contributed by atoms with van der Waals surface area (Å²) in [6.07, 6.45) is 1.28. The predicted octanol–water partition coefficient (Wildman–Crippen LogP) is 1.09.